The Morgan fingerprint density at radius 3 is 2.52 bits per heavy atom. The van der Waals surface area contributed by atoms with Crippen molar-refractivity contribution in [3.8, 4) is 18.1 Å². The van der Waals surface area contributed by atoms with Gasteiger partial charge in [-0.25, -0.2) is 8.42 Å². The zero-order chi connectivity index (χ0) is 19.9. The molecule has 0 atom stereocenters. The van der Waals surface area contributed by atoms with Crippen LogP contribution in [0.3, 0.4) is 0 Å². The summed E-state index contributed by atoms with van der Waals surface area (Å²) >= 11 is 0. The molecule has 2 N–H and O–H groups in total. The van der Waals surface area contributed by atoms with Crippen LogP contribution in [-0.4, -0.2) is 27.5 Å². The van der Waals surface area contributed by atoms with Crippen LogP contribution in [0.25, 0.3) is 0 Å². The number of amides is 1. The van der Waals surface area contributed by atoms with Crippen LogP contribution in [0, 0.1) is 12.3 Å². The standard InChI is InChI=1S/C18H16F2N2O4S/c1-2-10-22-27(24,25)16-8-6-14(7-9-16)17(23)21-12-13-4-3-5-15(11-13)26-18(19)20/h1,3-9,11,18,22H,10,12H2,(H,21,23). The molecule has 0 bridgehead atoms. The second-order valence-corrected chi connectivity index (χ2v) is 7.03. The van der Waals surface area contributed by atoms with Crippen molar-refractivity contribution in [1.82, 2.24) is 10.0 Å². The second-order valence-electron chi connectivity index (χ2n) is 5.26. The van der Waals surface area contributed by atoms with E-state index in [4.69, 9.17) is 6.42 Å². The van der Waals surface area contributed by atoms with E-state index in [2.05, 4.69) is 20.7 Å². The third-order valence-electron chi connectivity index (χ3n) is 3.37. The molecule has 6 nitrogen and oxygen atoms in total. The van der Waals surface area contributed by atoms with Crippen LogP contribution in [0.5, 0.6) is 5.75 Å². The van der Waals surface area contributed by atoms with Gasteiger partial charge in [0.15, 0.2) is 0 Å². The first kappa shape index (κ1) is 20.4. The number of alkyl halides is 2. The summed E-state index contributed by atoms with van der Waals surface area (Å²) in [6.07, 6.45) is 5.02. The normalized spacial score (nSPS) is 11.0. The average molecular weight is 394 g/mol. The van der Waals surface area contributed by atoms with Gasteiger partial charge in [0.05, 0.1) is 11.4 Å². The molecule has 0 spiro atoms. The van der Waals surface area contributed by atoms with Gasteiger partial charge in [0.2, 0.25) is 10.0 Å². The number of benzene rings is 2. The molecule has 0 radical (unpaired) electrons. The largest absolute Gasteiger partial charge is 0.435 e. The lowest BCUT2D eigenvalue weighted by molar-refractivity contribution is -0.0498. The molecule has 0 aliphatic rings. The van der Waals surface area contributed by atoms with E-state index >= 15 is 0 Å². The Bertz CT molecular complexity index is 939. The van der Waals surface area contributed by atoms with Gasteiger partial charge < -0.3 is 10.1 Å². The third kappa shape index (κ3) is 6.06. The molecule has 0 saturated heterocycles. The van der Waals surface area contributed by atoms with Crippen molar-refractivity contribution in [2.75, 3.05) is 6.54 Å². The Morgan fingerprint density at radius 2 is 1.89 bits per heavy atom. The van der Waals surface area contributed by atoms with Crippen LogP contribution in [0.2, 0.25) is 0 Å². The van der Waals surface area contributed by atoms with Gasteiger partial charge in [-0.05, 0) is 42.0 Å². The number of carbonyl (C=O) groups is 1. The minimum absolute atomic E-state index is 0.00854. The van der Waals surface area contributed by atoms with Crippen molar-refractivity contribution in [2.24, 2.45) is 0 Å². The molecule has 2 rings (SSSR count). The number of carbonyl (C=O) groups excluding carboxylic acids is 1. The van der Waals surface area contributed by atoms with Crippen LogP contribution in [0.1, 0.15) is 15.9 Å². The summed E-state index contributed by atoms with van der Waals surface area (Å²) in [5, 5.41) is 2.61. The molecule has 0 aliphatic heterocycles. The van der Waals surface area contributed by atoms with Crippen molar-refractivity contribution < 1.29 is 26.7 Å². The van der Waals surface area contributed by atoms with Crippen molar-refractivity contribution in [3.63, 3.8) is 0 Å². The molecule has 27 heavy (non-hydrogen) atoms. The summed E-state index contributed by atoms with van der Waals surface area (Å²) in [5.41, 5.74) is 0.810. The molecular weight excluding hydrogens is 378 g/mol. The Balaban J connectivity index is 2.00. The first-order chi connectivity index (χ1) is 12.8. The van der Waals surface area contributed by atoms with Gasteiger partial charge in [0.1, 0.15) is 5.75 Å². The lowest BCUT2D eigenvalue weighted by Crippen LogP contribution is -2.25. The molecule has 0 fully saturated rings. The molecule has 0 aromatic heterocycles. The molecule has 0 saturated carbocycles. The Kier molecular flexibility index (Phi) is 6.87. The fraction of sp³-hybridized carbons (Fsp3) is 0.167. The molecular formula is C18H16F2N2O4S. The lowest BCUT2D eigenvalue weighted by Gasteiger charge is -2.09. The fourth-order valence-corrected chi connectivity index (χ4v) is 3.06. The first-order valence-corrected chi connectivity index (χ1v) is 9.15. The minimum Gasteiger partial charge on any atom is -0.435 e. The zero-order valence-corrected chi connectivity index (χ0v) is 14.8. The quantitative estimate of drug-likeness (QED) is 0.672. The van der Waals surface area contributed by atoms with Crippen LogP contribution >= 0.6 is 0 Å². The highest BCUT2D eigenvalue weighted by molar-refractivity contribution is 7.89. The maximum absolute atomic E-state index is 12.2. The van der Waals surface area contributed by atoms with Gasteiger partial charge in [-0.3, -0.25) is 4.79 Å². The maximum Gasteiger partial charge on any atom is 0.387 e. The third-order valence-corrected chi connectivity index (χ3v) is 4.78. The highest BCUT2D eigenvalue weighted by Gasteiger charge is 2.14. The maximum atomic E-state index is 12.2. The Hall–Kier alpha value is -2.96. The van der Waals surface area contributed by atoms with E-state index in [0.717, 1.165) is 0 Å². The first-order valence-electron chi connectivity index (χ1n) is 7.67. The summed E-state index contributed by atoms with van der Waals surface area (Å²) in [4.78, 5) is 12.1. The van der Waals surface area contributed by atoms with Gasteiger partial charge in [-0.2, -0.15) is 13.5 Å². The lowest BCUT2D eigenvalue weighted by atomic mass is 10.2. The van der Waals surface area contributed by atoms with Crippen LogP contribution in [-0.2, 0) is 16.6 Å². The number of sulfonamides is 1. The van der Waals surface area contributed by atoms with Gasteiger partial charge in [0, 0.05) is 12.1 Å². The Morgan fingerprint density at radius 1 is 1.19 bits per heavy atom. The van der Waals surface area contributed by atoms with Crippen LogP contribution in [0.4, 0.5) is 8.78 Å². The number of hydrogen-bond donors (Lipinski definition) is 2. The fourth-order valence-electron chi connectivity index (χ4n) is 2.12. The molecule has 1 amide bonds. The summed E-state index contributed by atoms with van der Waals surface area (Å²) < 4.78 is 54.8. The SMILES string of the molecule is C#CCNS(=O)(=O)c1ccc(C(=O)NCc2cccc(OC(F)F)c2)cc1. The Labute approximate surface area is 155 Å². The molecule has 9 heteroatoms. The van der Waals surface area contributed by atoms with E-state index in [1.54, 1.807) is 6.07 Å². The minimum atomic E-state index is -3.73. The number of terminal acetylenes is 1. The summed E-state index contributed by atoms with van der Waals surface area (Å²) in [6.45, 7) is -2.98. The summed E-state index contributed by atoms with van der Waals surface area (Å²) in [7, 11) is -3.73. The summed E-state index contributed by atoms with van der Waals surface area (Å²) in [6, 6.07) is 11.2. The molecule has 2 aromatic rings. The number of hydrogen-bond acceptors (Lipinski definition) is 4. The van der Waals surface area contributed by atoms with E-state index in [1.807, 2.05) is 0 Å². The van der Waals surface area contributed by atoms with Crippen molar-refractivity contribution in [1.29, 1.82) is 0 Å². The molecule has 2 aromatic carbocycles. The number of rotatable bonds is 8. The average Bonchev–Trinajstić information content (AvgIpc) is 2.64. The summed E-state index contributed by atoms with van der Waals surface area (Å²) in [5.74, 6) is 1.71. The van der Waals surface area contributed by atoms with Crippen molar-refractivity contribution in [3.05, 3.63) is 59.7 Å². The number of ether oxygens (including phenoxy) is 1. The van der Waals surface area contributed by atoms with Gasteiger partial charge in [0.25, 0.3) is 5.91 Å². The van der Waals surface area contributed by atoms with Crippen LogP contribution in [0.15, 0.2) is 53.4 Å². The number of nitrogens with one attached hydrogen (secondary N) is 2. The smallest absolute Gasteiger partial charge is 0.387 e. The monoisotopic (exact) mass is 394 g/mol. The van der Waals surface area contributed by atoms with Crippen molar-refractivity contribution >= 4 is 15.9 Å². The van der Waals surface area contributed by atoms with Crippen molar-refractivity contribution in [2.45, 2.75) is 18.1 Å². The second kappa shape index (κ2) is 9.12. The molecule has 0 aliphatic carbocycles. The van der Waals surface area contributed by atoms with Gasteiger partial charge >= 0.3 is 6.61 Å². The van der Waals surface area contributed by atoms with E-state index in [1.165, 1.54) is 42.5 Å². The molecule has 142 valence electrons. The van der Waals surface area contributed by atoms with Gasteiger partial charge in [-0.15, -0.1) is 6.42 Å². The zero-order valence-electron chi connectivity index (χ0n) is 14.0. The van der Waals surface area contributed by atoms with E-state index in [9.17, 15) is 22.0 Å². The molecule has 0 unspecified atom stereocenters. The predicted octanol–water partition coefficient (Wildman–Crippen LogP) is 2.13. The van der Waals surface area contributed by atoms with Gasteiger partial charge in [-0.1, -0.05) is 18.1 Å². The number of halogens is 2. The van der Waals surface area contributed by atoms with E-state index in [0.29, 0.717) is 5.56 Å². The molecule has 0 heterocycles. The topological polar surface area (TPSA) is 84.5 Å². The van der Waals surface area contributed by atoms with E-state index in [-0.39, 0.29) is 29.3 Å². The van der Waals surface area contributed by atoms with Crippen LogP contribution < -0.4 is 14.8 Å². The highest BCUT2D eigenvalue weighted by Crippen LogP contribution is 2.16. The predicted molar refractivity (Wildman–Crippen MR) is 94.7 cm³/mol. The van der Waals surface area contributed by atoms with E-state index < -0.39 is 22.5 Å². The highest BCUT2D eigenvalue weighted by atomic mass is 32.2.